The van der Waals surface area contributed by atoms with Crippen LogP contribution in [0.4, 0.5) is 0 Å². The Morgan fingerprint density at radius 3 is 1.59 bits per heavy atom. The predicted molar refractivity (Wildman–Crippen MR) is 86.8 cm³/mol. The summed E-state index contributed by atoms with van der Waals surface area (Å²) in [5, 5.41) is 1.42. The van der Waals surface area contributed by atoms with Crippen molar-refractivity contribution < 1.29 is 0 Å². The van der Waals surface area contributed by atoms with Crippen molar-refractivity contribution in [3.05, 3.63) is 0 Å². The molecule has 0 aliphatic heterocycles. The smallest absolute Gasteiger partial charge is 0.0174 e. The van der Waals surface area contributed by atoms with Gasteiger partial charge in [0, 0.05) is 10.5 Å². The molecule has 0 spiro atoms. The van der Waals surface area contributed by atoms with Gasteiger partial charge < -0.3 is 0 Å². The highest BCUT2D eigenvalue weighted by atomic mass is 33.1. The fourth-order valence-corrected chi connectivity index (χ4v) is 4.53. The molecule has 1 atom stereocenters. The Balaban J connectivity index is 4.45. The maximum Gasteiger partial charge on any atom is 0.0174 e. The third-order valence-corrected chi connectivity index (χ3v) is 7.74. The topological polar surface area (TPSA) is 0 Å². The van der Waals surface area contributed by atoms with Crippen molar-refractivity contribution in [1.82, 2.24) is 0 Å². The Bertz CT molecular complexity index is 217. The quantitative estimate of drug-likeness (QED) is 0.503. The summed E-state index contributed by atoms with van der Waals surface area (Å²) < 4.78 is 0. The molecule has 0 fully saturated rings. The van der Waals surface area contributed by atoms with Crippen molar-refractivity contribution in [2.75, 3.05) is 0 Å². The molecular weight excluding hydrogens is 244 g/mol. The van der Waals surface area contributed by atoms with Crippen LogP contribution in [-0.2, 0) is 0 Å². The van der Waals surface area contributed by atoms with Crippen LogP contribution in [0.1, 0.15) is 68.7 Å². The van der Waals surface area contributed by atoms with Crippen LogP contribution in [-0.4, -0.2) is 10.5 Å². The molecular formula is C15H32S2. The van der Waals surface area contributed by atoms with Crippen molar-refractivity contribution >= 4 is 21.6 Å². The van der Waals surface area contributed by atoms with E-state index in [1.807, 2.05) is 10.8 Å². The Kier molecular flexibility index (Phi) is 7.02. The summed E-state index contributed by atoms with van der Waals surface area (Å²) in [6.07, 6.45) is 1.30. The zero-order chi connectivity index (χ0) is 13.9. The first-order chi connectivity index (χ1) is 7.49. The normalized spacial score (nSPS) is 15.7. The van der Waals surface area contributed by atoms with Crippen LogP contribution in [0.3, 0.4) is 0 Å². The van der Waals surface area contributed by atoms with Crippen molar-refractivity contribution in [3.63, 3.8) is 0 Å². The van der Waals surface area contributed by atoms with E-state index in [-0.39, 0.29) is 0 Å². The first-order valence-corrected chi connectivity index (χ1v) is 9.09. The molecule has 0 heterocycles. The van der Waals surface area contributed by atoms with E-state index in [1.165, 1.54) is 6.42 Å². The van der Waals surface area contributed by atoms with E-state index in [0.717, 1.165) is 11.2 Å². The van der Waals surface area contributed by atoms with Crippen LogP contribution in [0.5, 0.6) is 0 Å². The van der Waals surface area contributed by atoms with Gasteiger partial charge in [0.05, 0.1) is 0 Å². The zero-order valence-corrected chi connectivity index (χ0v) is 14.9. The Morgan fingerprint density at radius 2 is 1.24 bits per heavy atom. The van der Waals surface area contributed by atoms with Gasteiger partial charge >= 0.3 is 0 Å². The molecule has 0 amide bonds. The fraction of sp³-hybridized carbons (Fsp3) is 1.00. The van der Waals surface area contributed by atoms with E-state index in [1.54, 1.807) is 0 Å². The molecule has 0 bridgehead atoms. The highest BCUT2D eigenvalue weighted by Crippen LogP contribution is 2.47. The van der Waals surface area contributed by atoms with E-state index < -0.39 is 0 Å². The molecule has 104 valence electrons. The molecule has 0 aromatic heterocycles. The van der Waals surface area contributed by atoms with Gasteiger partial charge in [-0.3, -0.25) is 0 Å². The maximum absolute atomic E-state index is 2.43. The van der Waals surface area contributed by atoms with Gasteiger partial charge in [-0.05, 0) is 23.2 Å². The summed E-state index contributed by atoms with van der Waals surface area (Å²) in [7, 11) is 4.08. The molecule has 0 N–H and O–H groups in total. The Labute approximate surface area is 117 Å². The average molecular weight is 277 g/mol. The fourth-order valence-electron chi connectivity index (χ4n) is 1.85. The first-order valence-electron chi connectivity index (χ1n) is 6.81. The highest BCUT2D eigenvalue weighted by Gasteiger charge is 2.35. The molecule has 2 heteroatoms. The van der Waals surface area contributed by atoms with Crippen LogP contribution >= 0.6 is 21.6 Å². The van der Waals surface area contributed by atoms with Gasteiger partial charge in [0.1, 0.15) is 0 Å². The first kappa shape index (κ1) is 17.7. The van der Waals surface area contributed by atoms with E-state index in [0.29, 0.717) is 16.1 Å². The third-order valence-electron chi connectivity index (χ3n) is 3.97. The summed E-state index contributed by atoms with van der Waals surface area (Å²) in [5.41, 5.74) is 0.834. The van der Waals surface area contributed by atoms with Gasteiger partial charge in [-0.1, -0.05) is 83.9 Å². The van der Waals surface area contributed by atoms with E-state index in [2.05, 4.69) is 73.1 Å². The van der Waals surface area contributed by atoms with Crippen LogP contribution in [0.2, 0.25) is 0 Å². The Hall–Kier alpha value is 0.700. The van der Waals surface area contributed by atoms with Gasteiger partial charge in [0.2, 0.25) is 0 Å². The summed E-state index contributed by atoms with van der Waals surface area (Å²) >= 11 is 0. The van der Waals surface area contributed by atoms with Gasteiger partial charge in [-0.2, -0.15) is 0 Å². The molecule has 17 heavy (non-hydrogen) atoms. The van der Waals surface area contributed by atoms with Gasteiger partial charge in [-0.15, -0.1) is 0 Å². The minimum atomic E-state index is 0.403. The van der Waals surface area contributed by atoms with Crippen molar-refractivity contribution in [2.24, 2.45) is 16.7 Å². The average Bonchev–Trinajstić information content (AvgIpc) is 2.11. The molecule has 0 radical (unpaired) electrons. The lowest BCUT2D eigenvalue weighted by atomic mass is 9.68. The van der Waals surface area contributed by atoms with Gasteiger partial charge in [0.25, 0.3) is 0 Å². The lowest BCUT2D eigenvalue weighted by molar-refractivity contribution is 0.140. The number of rotatable bonds is 7. The molecule has 0 nitrogen and oxygen atoms in total. The lowest BCUT2D eigenvalue weighted by Gasteiger charge is -2.41. The molecule has 0 rings (SSSR count). The second-order valence-corrected chi connectivity index (χ2v) is 10.4. The highest BCUT2D eigenvalue weighted by molar-refractivity contribution is 8.77. The Morgan fingerprint density at radius 1 is 0.765 bits per heavy atom. The van der Waals surface area contributed by atoms with Crippen molar-refractivity contribution in [3.8, 4) is 0 Å². The maximum atomic E-state index is 2.43. The summed E-state index contributed by atoms with van der Waals surface area (Å²) in [6, 6.07) is 0. The minimum Gasteiger partial charge on any atom is -0.0910 e. The molecule has 1 unspecified atom stereocenters. The van der Waals surface area contributed by atoms with Crippen LogP contribution in [0.25, 0.3) is 0 Å². The SMILES string of the molecule is CC(C)SSC(C)C(C)(C)CC(C)(C)C(C)C. The standard InChI is InChI=1S/C15H32S2/c1-11(2)14(6,7)10-15(8,9)13(5)17-16-12(3)4/h11-13H,10H2,1-9H3. The molecule has 0 saturated heterocycles. The third kappa shape index (κ3) is 6.42. The van der Waals surface area contributed by atoms with Gasteiger partial charge in [-0.25, -0.2) is 0 Å². The lowest BCUT2D eigenvalue weighted by Crippen LogP contribution is -2.33. The minimum absolute atomic E-state index is 0.403. The summed E-state index contributed by atoms with van der Waals surface area (Å²) in [4.78, 5) is 0. The molecule has 0 saturated carbocycles. The summed E-state index contributed by atoms with van der Waals surface area (Å²) in [6.45, 7) is 21.3. The van der Waals surface area contributed by atoms with Crippen LogP contribution in [0.15, 0.2) is 0 Å². The molecule has 0 aliphatic carbocycles. The second-order valence-electron chi connectivity index (χ2n) is 7.19. The molecule has 0 aliphatic rings. The predicted octanol–water partition coefficient (Wildman–Crippen LogP) is 6.26. The van der Waals surface area contributed by atoms with Crippen LogP contribution < -0.4 is 0 Å². The zero-order valence-electron chi connectivity index (χ0n) is 13.3. The number of hydrogen-bond donors (Lipinski definition) is 0. The molecule has 0 aromatic rings. The van der Waals surface area contributed by atoms with Crippen molar-refractivity contribution in [2.45, 2.75) is 79.2 Å². The van der Waals surface area contributed by atoms with Crippen molar-refractivity contribution in [1.29, 1.82) is 0 Å². The van der Waals surface area contributed by atoms with E-state index in [4.69, 9.17) is 0 Å². The van der Waals surface area contributed by atoms with E-state index in [9.17, 15) is 0 Å². The number of hydrogen-bond acceptors (Lipinski definition) is 2. The monoisotopic (exact) mass is 276 g/mol. The van der Waals surface area contributed by atoms with E-state index >= 15 is 0 Å². The second kappa shape index (κ2) is 6.75. The molecule has 0 aromatic carbocycles. The van der Waals surface area contributed by atoms with Gasteiger partial charge in [0.15, 0.2) is 0 Å². The largest absolute Gasteiger partial charge is 0.0910 e. The summed E-state index contributed by atoms with van der Waals surface area (Å²) in [5.74, 6) is 0.747. The van der Waals surface area contributed by atoms with Crippen LogP contribution in [0, 0.1) is 16.7 Å².